The predicted molar refractivity (Wildman–Crippen MR) is 140 cm³/mol. The molecule has 0 aliphatic heterocycles. The Hall–Kier alpha value is 0.0338. The molecule has 0 saturated carbocycles. The van der Waals surface area contributed by atoms with Gasteiger partial charge in [-0.1, -0.05) is 0 Å². The summed E-state index contributed by atoms with van der Waals surface area (Å²) >= 11 is 0. The fourth-order valence-electron chi connectivity index (χ4n) is 3.09. The van der Waals surface area contributed by atoms with Crippen LogP contribution in [0.3, 0.4) is 0 Å². The summed E-state index contributed by atoms with van der Waals surface area (Å²) in [7, 11) is 4.08. The normalized spacial score (nSPS) is 12.0. The number of likely N-dealkylation sites (N-methyl/N-ethyl adjacent to an activating group) is 2. The highest BCUT2D eigenvalue weighted by Gasteiger charge is 2.39. The summed E-state index contributed by atoms with van der Waals surface area (Å²) in [5, 5.41) is 12.9. The van der Waals surface area contributed by atoms with E-state index in [1.165, 1.54) is 0 Å². The van der Waals surface area contributed by atoms with Crippen molar-refractivity contribution in [2.24, 2.45) is 0 Å². The largest absolute Gasteiger partial charge is 0.500 e. The Morgan fingerprint density at radius 3 is 1.18 bits per heavy atom. The van der Waals surface area contributed by atoms with Crippen molar-refractivity contribution in [1.29, 1.82) is 0 Å². The lowest BCUT2D eigenvalue weighted by atomic mass is 10.4. The molecule has 33 heavy (non-hydrogen) atoms. The standard InChI is InChI=1S/C12H30N2O3Si.C9H24N2O3Si/c1-5-15-18(16-6-2,17-7-3)12-8-9-14-11-10-13-4;1-10-7-8-11-6-5-9-15(12-2,13-3)14-4/h13-14H,5-12H2,1-4H3;10-11H,5-9H2,1-4H3. The van der Waals surface area contributed by atoms with E-state index in [0.29, 0.717) is 19.8 Å². The molecule has 0 spiro atoms. The lowest BCUT2D eigenvalue weighted by Gasteiger charge is -2.28. The van der Waals surface area contributed by atoms with Gasteiger partial charge in [-0.05, 0) is 60.8 Å². The molecule has 0 aromatic carbocycles. The van der Waals surface area contributed by atoms with Crippen LogP contribution in [0.25, 0.3) is 0 Å². The molecule has 202 valence electrons. The molecule has 0 atom stereocenters. The van der Waals surface area contributed by atoms with Gasteiger partial charge in [-0.3, -0.25) is 0 Å². The molecule has 0 aromatic heterocycles. The molecular weight excluding hydrogens is 460 g/mol. The van der Waals surface area contributed by atoms with Crippen LogP contribution in [0.1, 0.15) is 33.6 Å². The Morgan fingerprint density at radius 1 is 0.515 bits per heavy atom. The molecule has 0 rings (SSSR count). The molecule has 0 radical (unpaired) electrons. The van der Waals surface area contributed by atoms with Crippen molar-refractivity contribution in [3.05, 3.63) is 0 Å². The molecule has 10 nitrogen and oxygen atoms in total. The molecule has 0 amide bonds. The van der Waals surface area contributed by atoms with Gasteiger partial charge in [0, 0.05) is 79.4 Å². The van der Waals surface area contributed by atoms with Gasteiger partial charge in [0.25, 0.3) is 0 Å². The van der Waals surface area contributed by atoms with E-state index in [1.54, 1.807) is 21.3 Å². The monoisotopic (exact) mass is 514 g/mol. The van der Waals surface area contributed by atoms with Crippen molar-refractivity contribution in [1.82, 2.24) is 21.3 Å². The van der Waals surface area contributed by atoms with Gasteiger partial charge in [-0.25, -0.2) is 0 Å². The number of hydrogen-bond acceptors (Lipinski definition) is 10. The van der Waals surface area contributed by atoms with Gasteiger partial charge in [0.2, 0.25) is 0 Å². The van der Waals surface area contributed by atoms with E-state index in [-0.39, 0.29) is 0 Å². The van der Waals surface area contributed by atoms with Crippen LogP contribution in [0.4, 0.5) is 0 Å². The van der Waals surface area contributed by atoms with Gasteiger partial charge < -0.3 is 47.8 Å². The van der Waals surface area contributed by atoms with E-state index < -0.39 is 17.6 Å². The minimum atomic E-state index is -2.42. The van der Waals surface area contributed by atoms with Gasteiger partial charge in [0.05, 0.1) is 0 Å². The Morgan fingerprint density at radius 2 is 0.879 bits per heavy atom. The lowest BCUT2D eigenvalue weighted by Crippen LogP contribution is -2.46. The van der Waals surface area contributed by atoms with Gasteiger partial charge in [-0.15, -0.1) is 0 Å². The highest BCUT2D eigenvalue weighted by molar-refractivity contribution is 6.61. The van der Waals surface area contributed by atoms with Crippen molar-refractivity contribution >= 4 is 17.6 Å². The van der Waals surface area contributed by atoms with E-state index in [4.69, 9.17) is 26.6 Å². The molecule has 0 fully saturated rings. The highest BCUT2D eigenvalue weighted by atomic mass is 28.4. The average molecular weight is 515 g/mol. The van der Waals surface area contributed by atoms with E-state index >= 15 is 0 Å². The highest BCUT2D eigenvalue weighted by Crippen LogP contribution is 2.17. The van der Waals surface area contributed by atoms with E-state index in [0.717, 1.165) is 64.2 Å². The van der Waals surface area contributed by atoms with Gasteiger partial charge >= 0.3 is 17.6 Å². The second kappa shape index (κ2) is 25.1. The zero-order valence-electron chi connectivity index (χ0n) is 22.6. The van der Waals surface area contributed by atoms with Gasteiger partial charge in [-0.2, -0.15) is 0 Å². The van der Waals surface area contributed by atoms with Gasteiger partial charge in [0.15, 0.2) is 0 Å². The third-order valence-corrected chi connectivity index (χ3v) is 10.8. The summed E-state index contributed by atoms with van der Waals surface area (Å²) in [4.78, 5) is 0. The van der Waals surface area contributed by atoms with E-state index in [2.05, 4.69) is 21.3 Å². The Balaban J connectivity index is 0. The maximum atomic E-state index is 5.79. The lowest BCUT2D eigenvalue weighted by molar-refractivity contribution is 0.0708. The Bertz CT molecular complexity index is 374. The van der Waals surface area contributed by atoms with Crippen molar-refractivity contribution in [3.8, 4) is 0 Å². The zero-order chi connectivity index (χ0) is 25.3. The fraction of sp³-hybridized carbons (Fsp3) is 1.00. The van der Waals surface area contributed by atoms with Crippen LogP contribution in [0.15, 0.2) is 0 Å². The molecular formula is C21H54N4O6Si2. The second-order valence-electron chi connectivity index (χ2n) is 7.19. The summed E-state index contributed by atoms with van der Waals surface area (Å²) in [5.41, 5.74) is 0. The van der Waals surface area contributed by atoms with Crippen molar-refractivity contribution in [3.63, 3.8) is 0 Å². The third kappa shape index (κ3) is 19.0. The van der Waals surface area contributed by atoms with Crippen molar-refractivity contribution in [2.45, 2.75) is 45.7 Å². The van der Waals surface area contributed by atoms with Crippen LogP contribution in [0.5, 0.6) is 0 Å². The molecule has 0 aromatic rings. The summed E-state index contributed by atoms with van der Waals surface area (Å²) in [6.07, 6.45) is 2.03. The van der Waals surface area contributed by atoms with Crippen LogP contribution >= 0.6 is 0 Å². The molecule has 0 saturated heterocycles. The maximum Gasteiger partial charge on any atom is 0.500 e. The Labute approximate surface area is 205 Å². The maximum absolute atomic E-state index is 5.79. The first-order valence-electron chi connectivity index (χ1n) is 12.3. The predicted octanol–water partition coefficient (Wildman–Crippen LogP) is 1.30. The number of nitrogens with one attached hydrogen (secondary N) is 4. The molecule has 0 aliphatic carbocycles. The van der Waals surface area contributed by atoms with Crippen LogP contribution in [0, 0.1) is 0 Å². The minimum absolute atomic E-state index is 0.652. The van der Waals surface area contributed by atoms with E-state index in [1.807, 2.05) is 34.9 Å². The van der Waals surface area contributed by atoms with Crippen LogP contribution in [-0.4, -0.2) is 112 Å². The van der Waals surface area contributed by atoms with Crippen molar-refractivity contribution < 1.29 is 26.6 Å². The number of hydrogen-bond donors (Lipinski definition) is 4. The summed E-state index contributed by atoms with van der Waals surface area (Å²) in [6.45, 7) is 13.8. The topological polar surface area (TPSA) is 104 Å². The molecule has 4 N–H and O–H groups in total. The number of rotatable bonds is 23. The smallest absolute Gasteiger partial charge is 0.377 e. The molecule has 12 heteroatoms. The first kappa shape index (κ1) is 35.2. The van der Waals surface area contributed by atoms with Crippen LogP contribution in [0.2, 0.25) is 12.1 Å². The molecule has 0 bridgehead atoms. The van der Waals surface area contributed by atoms with Gasteiger partial charge in [0.1, 0.15) is 0 Å². The van der Waals surface area contributed by atoms with Crippen LogP contribution in [-0.2, 0) is 26.6 Å². The quantitative estimate of drug-likeness (QED) is 0.118. The zero-order valence-corrected chi connectivity index (χ0v) is 24.6. The molecule has 0 heterocycles. The SMILES string of the molecule is CCO[Si](CCCNCCNC)(OCC)OCC.CNCCNCCC[Si](OC)(OC)OC. The van der Waals surface area contributed by atoms with Crippen LogP contribution < -0.4 is 21.3 Å². The van der Waals surface area contributed by atoms with E-state index in [9.17, 15) is 0 Å². The Kier molecular flexibility index (Phi) is 26.8. The minimum Gasteiger partial charge on any atom is -0.377 e. The summed E-state index contributed by atoms with van der Waals surface area (Å²) < 4.78 is 33.3. The third-order valence-electron chi connectivity index (χ3n) is 4.80. The average Bonchev–Trinajstić information content (AvgIpc) is 2.82. The fourth-order valence-corrected chi connectivity index (χ4v) is 7.43. The summed E-state index contributed by atoms with van der Waals surface area (Å²) in [6, 6.07) is 1.73. The molecule has 0 unspecified atom stereocenters. The van der Waals surface area contributed by atoms with Crippen molar-refractivity contribution in [2.75, 3.05) is 94.5 Å². The molecule has 0 aliphatic rings. The second-order valence-corrected chi connectivity index (χ2v) is 13.0. The summed E-state index contributed by atoms with van der Waals surface area (Å²) in [5.74, 6) is 0. The first-order chi connectivity index (χ1) is 16.0. The first-order valence-corrected chi connectivity index (χ1v) is 16.1.